The zero-order valence-corrected chi connectivity index (χ0v) is 49.5. The molecular formula is C48H54K3N3O8S2. The van der Waals surface area contributed by atoms with Crippen LogP contribution >= 0.6 is 0 Å². The van der Waals surface area contributed by atoms with E-state index >= 15 is 0 Å². The van der Waals surface area contributed by atoms with E-state index in [-0.39, 0.29) is 171 Å². The van der Waals surface area contributed by atoms with Crippen LogP contribution in [-0.4, -0.2) is 67.5 Å². The molecule has 6 rings (SSSR count). The van der Waals surface area contributed by atoms with Crippen LogP contribution in [0.3, 0.4) is 0 Å². The fourth-order valence-corrected chi connectivity index (χ4v) is 9.41. The minimum absolute atomic E-state index is 0. The van der Waals surface area contributed by atoms with Crippen LogP contribution in [0.25, 0.3) is 0 Å². The Hall–Kier alpha value is -0.171. The normalized spacial score (nSPS) is 17.7. The zero-order valence-electron chi connectivity index (χ0n) is 38.5. The molecule has 1 aliphatic carbocycles. The van der Waals surface area contributed by atoms with Crippen LogP contribution in [-0.2, 0) is 42.3 Å². The first-order valence-corrected chi connectivity index (χ1v) is 23.5. The van der Waals surface area contributed by atoms with Crippen molar-refractivity contribution in [3.63, 3.8) is 0 Å². The van der Waals surface area contributed by atoms with Crippen LogP contribution in [0.1, 0.15) is 83.4 Å². The first kappa shape index (κ1) is 58.1. The minimum Gasteiger partial charge on any atom is -0.748 e. The Balaban J connectivity index is 0.00000363. The largest absolute Gasteiger partial charge is 1.00 e. The SMILES string of the molecule is C=C(C)C(=O)NCCc1ccc(OC2=C(/C=C/C3=[N+](CCCS(=O)(=O)[O-])c4cc[c-]cc4C3(C)C)CCC/C2=C\C=C2\N(CC[CH2-])c3ccc(S(=O)(=O)[O-])cc3C2(C)C)cc1.[K+].[K+].[K+]. The smallest absolute Gasteiger partial charge is 0.748 e. The average Bonchev–Trinajstić information content (AvgIpc) is 3.54. The molecule has 0 unspecified atom stereocenters. The quantitative estimate of drug-likeness (QED) is 0.0616. The van der Waals surface area contributed by atoms with Gasteiger partial charge in [0.2, 0.25) is 5.91 Å². The molecule has 3 aromatic rings. The molecule has 1 N–H and O–H groups in total. The van der Waals surface area contributed by atoms with Gasteiger partial charge >= 0.3 is 154 Å². The van der Waals surface area contributed by atoms with Gasteiger partial charge in [-0.1, -0.05) is 58.0 Å². The van der Waals surface area contributed by atoms with Crippen molar-refractivity contribution in [3.05, 3.63) is 149 Å². The number of hydrogen-bond donors (Lipinski definition) is 1. The second-order valence-electron chi connectivity index (χ2n) is 16.8. The van der Waals surface area contributed by atoms with Crippen LogP contribution in [0.5, 0.6) is 5.75 Å². The summed E-state index contributed by atoms with van der Waals surface area (Å²) in [6.07, 6.45) is 11.9. The van der Waals surface area contributed by atoms with E-state index in [0.717, 1.165) is 69.9 Å². The maximum Gasteiger partial charge on any atom is 1.00 e. The number of nitrogens with one attached hydrogen (secondary N) is 1. The summed E-state index contributed by atoms with van der Waals surface area (Å²) in [4.78, 5) is 13.9. The van der Waals surface area contributed by atoms with E-state index in [0.29, 0.717) is 49.6 Å². The van der Waals surface area contributed by atoms with E-state index in [2.05, 4.69) is 72.5 Å². The van der Waals surface area contributed by atoms with Gasteiger partial charge in [-0.2, -0.15) is 24.6 Å². The van der Waals surface area contributed by atoms with Crippen LogP contribution < -0.4 is 169 Å². The van der Waals surface area contributed by atoms with Crippen LogP contribution in [0.2, 0.25) is 0 Å². The van der Waals surface area contributed by atoms with E-state index in [9.17, 15) is 30.7 Å². The third-order valence-corrected chi connectivity index (χ3v) is 13.3. The first-order chi connectivity index (χ1) is 28.7. The predicted molar refractivity (Wildman–Crippen MR) is 237 cm³/mol. The standard InChI is InChI=1S/C48H56N3O8S2.3K/c1-8-29-50-42-24-23-38(61(56,57)58)32-40(42)48(6,7)44(50)26-20-36-14-11-13-35(45(36)59-37-21-17-34(18-22-37)27-28-49-46(52)33(2)3)19-25-43-47(4,5)39-15-9-10-16-41(39)51(43)30-12-31-60(53,54)55;;;/h10,15-26,32H,1-2,8,11-14,27-31H2,3-7H3,(H,49,52)(H,53,54,55)(H,56,57,58);;;/q-1;3*+1/p-2. The third kappa shape index (κ3) is 14.0. The Bertz CT molecular complexity index is 2610. The Kier molecular flexibility index (Phi) is 22.3. The maximum atomic E-state index is 12.0. The molecule has 324 valence electrons. The third-order valence-electron chi connectivity index (χ3n) is 11.6. The summed E-state index contributed by atoms with van der Waals surface area (Å²) in [5, 5.41) is 2.87. The molecule has 0 fully saturated rings. The predicted octanol–water partition coefficient (Wildman–Crippen LogP) is -1.15. The van der Waals surface area contributed by atoms with Gasteiger partial charge in [-0.05, 0) is 104 Å². The molecule has 16 heteroatoms. The Morgan fingerprint density at radius 1 is 0.969 bits per heavy atom. The molecule has 0 radical (unpaired) electrons. The van der Waals surface area contributed by atoms with Crippen LogP contribution in [0.4, 0.5) is 11.4 Å². The van der Waals surface area contributed by atoms with Crippen LogP contribution in [0, 0.1) is 13.0 Å². The molecule has 11 nitrogen and oxygen atoms in total. The number of anilines is 1. The first-order valence-electron chi connectivity index (χ1n) is 20.5. The number of allylic oxidation sites excluding steroid dienone is 7. The van der Waals surface area contributed by atoms with E-state index in [4.69, 9.17) is 4.74 Å². The topological polar surface area (TPSA) is 159 Å². The summed E-state index contributed by atoms with van der Waals surface area (Å²) in [7, 11) is -9.04. The number of rotatable bonds is 16. The second-order valence-corrected chi connectivity index (χ2v) is 19.7. The molecule has 3 aromatic carbocycles. The minimum atomic E-state index is -4.66. The summed E-state index contributed by atoms with van der Waals surface area (Å²) in [5.74, 6) is 0.686. The number of ether oxygens (including phenoxy) is 1. The van der Waals surface area contributed by atoms with Gasteiger partial charge in [0.1, 0.15) is 33.9 Å². The molecule has 2 heterocycles. The summed E-state index contributed by atoms with van der Waals surface area (Å²) in [6, 6.07) is 21.3. The van der Waals surface area contributed by atoms with Crippen molar-refractivity contribution in [1.29, 1.82) is 0 Å². The van der Waals surface area contributed by atoms with E-state index in [1.54, 1.807) is 13.0 Å². The molecule has 0 bridgehead atoms. The fraction of sp³-hybridized carbons (Fsp3) is 0.354. The zero-order chi connectivity index (χ0) is 44.3. The van der Waals surface area contributed by atoms with Gasteiger partial charge < -0.3 is 31.0 Å². The number of nitrogens with zero attached hydrogens (tertiary/aromatic N) is 2. The van der Waals surface area contributed by atoms with Gasteiger partial charge in [0.25, 0.3) is 0 Å². The van der Waals surface area contributed by atoms with Gasteiger partial charge in [-0.25, -0.2) is 21.4 Å². The van der Waals surface area contributed by atoms with Crippen molar-refractivity contribution >= 4 is 43.2 Å². The Labute approximate surface area is 508 Å². The molecule has 0 saturated heterocycles. The molecule has 1 amide bonds. The summed E-state index contributed by atoms with van der Waals surface area (Å²) in [6.45, 7) is 19.1. The Morgan fingerprint density at radius 3 is 2.31 bits per heavy atom. The summed E-state index contributed by atoms with van der Waals surface area (Å²) < 4.78 is 79.7. The molecule has 0 saturated carbocycles. The van der Waals surface area contributed by atoms with Crippen molar-refractivity contribution in [3.8, 4) is 5.75 Å². The van der Waals surface area contributed by atoms with Gasteiger partial charge in [0.15, 0.2) is 5.71 Å². The monoisotopic (exact) mass is 981 g/mol. The number of benzene rings is 3. The fourth-order valence-electron chi connectivity index (χ4n) is 8.44. The van der Waals surface area contributed by atoms with Gasteiger partial charge in [0.05, 0.1) is 15.0 Å². The molecule has 0 aromatic heterocycles. The number of hydrogen-bond acceptors (Lipinski definition) is 9. The van der Waals surface area contributed by atoms with Crippen LogP contribution in [0.15, 0.2) is 125 Å². The number of carbonyl (C=O) groups excluding carboxylic acids is 1. The molecule has 0 spiro atoms. The van der Waals surface area contributed by atoms with Gasteiger partial charge in [0, 0.05) is 52.6 Å². The number of carbonyl (C=O) groups is 1. The van der Waals surface area contributed by atoms with Crippen molar-refractivity contribution in [2.75, 3.05) is 30.3 Å². The van der Waals surface area contributed by atoms with Gasteiger partial charge in [-0.3, -0.25) is 4.79 Å². The second kappa shape index (κ2) is 24.6. The molecule has 3 aliphatic rings. The average molecular weight is 982 g/mol. The number of fused-ring (bicyclic) bond motifs is 2. The van der Waals surface area contributed by atoms with Crippen molar-refractivity contribution < 1.29 is 194 Å². The summed E-state index contributed by atoms with van der Waals surface area (Å²) >= 11 is 0. The molecule has 2 aliphatic heterocycles. The molecular weight excluding hydrogens is 928 g/mol. The van der Waals surface area contributed by atoms with E-state index in [1.807, 2.05) is 56.3 Å². The number of amides is 1. The van der Waals surface area contributed by atoms with Crippen molar-refractivity contribution in [2.24, 2.45) is 0 Å². The van der Waals surface area contributed by atoms with E-state index < -0.39 is 36.8 Å². The maximum absolute atomic E-state index is 12.0. The Morgan fingerprint density at radius 2 is 1.67 bits per heavy atom. The molecule has 64 heavy (non-hydrogen) atoms. The van der Waals surface area contributed by atoms with Gasteiger partial charge in [-0.15, -0.1) is 6.07 Å². The van der Waals surface area contributed by atoms with E-state index in [1.165, 1.54) is 12.1 Å². The summed E-state index contributed by atoms with van der Waals surface area (Å²) in [5.41, 5.74) is 7.75. The van der Waals surface area contributed by atoms with Crippen molar-refractivity contribution in [2.45, 2.75) is 88.9 Å². The van der Waals surface area contributed by atoms with Crippen molar-refractivity contribution in [1.82, 2.24) is 5.32 Å². The molecule has 0 atom stereocenters.